The fourth-order valence-electron chi connectivity index (χ4n) is 2.84. The number of hydrogen-bond acceptors (Lipinski definition) is 7. The number of aliphatic hydroxyl groups excluding tert-OH is 3. The van der Waals surface area contributed by atoms with Crippen molar-refractivity contribution in [2.45, 2.75) is 51.1 Å². The monoisotopic (exact) mass is 437 g/mol. The lowest BCUT2D eigenvalue weighted by Gasteiger charge is -2.23. The van der Waals surface area contributed by atoms with E-state index < -0.39 is 67.6 Å². The van der Waals surface area contributed by atoms with E-state index in [0.29, 0.717) is 15.0 Å². The SMILES string of the molecule is CC(C)=CCN(Cc1cn([C@@H]2O[C@H](CO)[C@@H](O)[C@H]2O)c(=O)[nH]c1=O)C(=O)C(F)(F)F. The zero-order valence-electron chi connectivity index (χ0n) is 16.1. The van der Waals surface area contributed by atoms with Gasteiger partial charge in [0, 0.05) is 12.7 Å². The zero-order chi connectivity index (χ0) is 22.8. The summed E-state index contributed by atoms with van der Waals surface area (Å²) in [5, 5.41) is 29.0. The van der Waals surface area contributed by atoms with Gasteiger partial charge in [-0.05, 0) is 13.8 Å². The van der Waals surface area contributed by atoms with Crippen molar-refractivity contribution >= 4 is 5.91 Å². The van der Waals surface area contributed by atoms with E-state index in [1.165, 1.54) is 6.08 Å². The highest BCUT2D eigenvalue weighted by Gasteiger charge is 2.44. The van der Waals surface area contributed by atoms with Gasteiger partial charge in [0.05, 0.1) is 18.7 Å². The Morgan fingerprint density at radius 3 is 2.43 bits per heavy atom. The first-order valence-corrected chi connectivity index (χ1v) is 8.83. The van der Waals surface area contributed by atoms with Crippen LogP contribution >= 0.6 is 0 Å². The zero-order valence-corrected chi connectivity index (χ0v) is 16.1. The van der Waals surface area contributed by atoms with Crippen molar-refractivity contribution in [2.75, 3.05) is 13.2 Å². The van der Waals surface area contributed by atoms with E-state index in [0.717, 1.165) is 6.20 Å². The minimum Gasteiger partial charge on any atom is -0.394 e. The molecule has 2 rings (SSSR count). The lowest BCUT2D eigenvalue weighted by atomic mass is 10.1. The standard InChI is InChI=1S/C17H22F3N3O7/c1-8(2)3-4-22(15(28)17(18,19)20)5-9-6-23(16(29)21-13(9)27)14-12(26)11(25)10(7-24)30-14/h3,6,10-12,14,24-26H,4-5,7H2,1-2H3,(H,21,27,29)/t10-,11-,12-,14-/m1/s1. The number of aromatic amines is 1. The largest absolute Gasteiger partial charge is 0.471 e. The predicted octanol–water partition coefficient (Wildman–Crippen LogP) is -0.995. The molecule has 13 heteroatoms. The molecule has 1 aromatic rings. The van der Waals surface area contributed by atoms with Crippen molar-refractivity contribution in [3.05, 3.63) is 44.2 Å². The third-order valence-electron chi connectivity index (χ3n) is 4.44. The molecule has 0 aliphatic carbocycles. The number of allylic oxidation sites excluding steroid dienone is 1. The molecular formula is C17H22F3N3O7. The molecule has 2 heterocycles. The van der Waals surface area contributed by atoms with Gasteiger partial charge in [-0.2, -0.15) is 13.2 Å². The number of H-pyrrole nitrogens is 1. The van der Waals surface area contributed by atoms with Crippen LogP contribution in [0.1, 0.15) is 25.6 Å². The van der Waals surface area contributed by atoms with Crippen molar-refractivity contribution in [1.82, 2.24) is 14.5 Å². The Morgan fingerprint density at radius 2 is 1.93 bits per heavy atom. The molecule has 1 aliphatic heterocycles. The van der Waals surface area contributed by atoms with Crippen LogP contribution < -0.4 is 11.2 Å². The predicted molar refractivity (Wildman–Crippen MR) is 95.2 cm³/mol. The number of aromatic nitrogens is 2. The Kier molecular flexibility index (Phi) is 7.23. The number of ether oxygens (including phenoxy) is 1. The summed E-state index contributed by atoms with van der Waals surface area (Å²) in [7, 11) is 0. The summed E-state index contributed by atoms with van der Waals surface area (Å²) in [6.45, 7) is 1.34. The van der Waals surface area contributed by atoms with Gasteiger partial charge in [0.25, 0.3) is 5.56 Å². The minimum absolute atomic E-state index is 0.379. The molecule has 1 saturated heterocycles. The number of aliphatic hydroxyl groups is 3. The van der Waals surface area contributed by atoms with E-state index in [1.807, 2.05) is 4.98 Å². The van der Waals surface area contributed by atoms with Crippen molar-refractivity contribution < 1.29 is 38.0 Å². The maximum atomic E-state index is 12.9. The molecule has 0 spiro atoms. The van der Waals surface area contributed by atoms with Gasteiger partial charge in [-0.25, -0.2) is 4.79 Å². The highest BCUT2D eigenvalue weighted by atomic mass is 19.4. The van der Waals surface area contributed by atoms with Crippen LogP contribution in [-0.2, 0) is 16.1 Å². The Balaban J connectivity index is 2.42. The van der Waals surface area contributed by atoms with E-state index in [1.54, 1.807) is 13.8 Å². The maximum absolute atomic E-state index is 12.9. The van der Waals surface area contributed by atoms with E-state index in [2.05, 4.69) is 0 Å². The Morgan fingerprint density at radius 1 is 1.30 bits per heavy atom. The molecule has 1 aromatic heterocycles. The molecule has 30 heavy (non-hydrogen) atoms. The molecule has 4 N–H and O–H groups in total. The second kappa shape index (κ2) is 9.12. The van der Waals surface area contributed by atoms with Gasteiger partial charge < -0.3 is 25.0 Å². The average molecular weight is 437 g/mol. The van der Waals surface area contributed by atoms with Crippen LogP contribution in [0.4, 0.5) is 13.2 Å². The van der Waals surface area contributed by atoms with Crippen LogP contribution in [0.5, 0.6) is 0 Å². The normalized spacial score (nSPS) is 24.0. The van der Waals surface area contributed by atoms with Gasteiger partial charge in [-0.15, -0.1) is 0 Å². The lowest BCUT2D eigenvalue weighted by Crippen LogP contribution is -2.43. The first kappa shape index (κ1) is 23.8. The lowest BCUT2D eigenvalue weighted by molar-refractivity contribution is -0.185. The highest BCUT2D eigenvalue weighted by Crippen LogP contribution is 2.28. The summed E-state index contributed by atoms with van der Waals surface area (Å²) in [5.74, 6) is -2.18. The molecule has 1 aliphatic rings. The Hall–Kier alpha value is -2.48. The van der Waals surface area contributed by atoms with Crippen molar-refractivity contribution in [1.29, 1.82) is 0 Å². The minimum atomic E-state index is -5.18. The van der Waals surface area contributed by atoms with Crippen molar-refractivity contribution in [3.63, 3.8) is 0 Å². The van der Waals surface area contributed by atoms with Gasteiger partial charge in [-0.3, -0.25) is 19.1 Å². The van der Waals surface area contributed by atoms with Crippen LogP contribution in [0.25, 0.3) is 0 Å². The van der Waals surface area contributed by atoms with Gasteiger partial charge in [0.2, 0.25) is 0 Å². The van der Waals surface area contributed by atoms with Crippen LogP contribution in [0, 0.1) is 0 Å². The number of nitrogens with one attached hydrogen (secondary N) is 1. The number of carbonyl (C=O) groups excluding carboxylic acids is 1. The van der Waals surface area contributed by atoms with Crippen molar-refractivity contribution in [2.24, 2.45) is 0 Å². The molecular weight excluding hydrogens is 415 g/mol. The number of halogens is 3. The second-order valence-corrected chi connectivity index (χ2v) is 7.01. The first-order valence-electron chi connectivity index (χ1n) is 8.83. The van der Waals surface area contributed by atoms with E-state index in [4.69, 9.17) is 9.84 Å². The molecule has 1 amide bonds. The molecule has 4 atom stereocenters. The highest BCUT2D eigenvalue weighted by molar-refractivity contribution is 5.82. The fourth-order valence-corrected chi connectivity index (χ4v) is 2.84. The molecule has 10 nitrogen and oxygen atoms in total. The number of nitrogens with zero attached hydrogens (tertiary/aromatic N) is 2. The number of alkyl halides is 3. The fraction of sp³-hybridized carbons (Fsp3) is 0.588. The first-order chi connectivity index (χ1) is 13.9. The van der Waals surface area contributed by atoms with Crippen LogP contribution in [0.3, 0.4) is 0 Å². The maximum Gasteiger partial charge on any atom is 0.471 e. The van der Waals surface area contributed by atoms with Crippen LogP contribution in [0.2, 0.25) is 0 Å². The Labute approximate surface area is 167 Å². The van der Waals surface area contributed by atoms with Gasteiger partial charge in [0.15, 0.2) is 6.23 Å². The molecule has 0 unspecified atom stereocenters. The summed E-state index contributed by atoms with van der Waals surface area (Å²) >= 11 is 0. The molecule has 0 radical (unpaired) electrons. The molecule has 168 valence electrons. The number of hydrogen-bond donors (Lipinski definition) is 4. The average Bonchev–Trinajstić information content (AvgIpc) is 2.93. The Bertz CT molecular complexity index is 920. The summed E-state index contributed by atoms with van der Waals surface area (Å²) in [6, 6.07) is 0. The van der Waals surface area contributed by atoms with Crippen molar-refractivity contribution in [3.8, 4) is 0 Å². The van der Waals surface area contributed by atoms with Gasteiger partial charge in [-0.1, -0.05) is 11.6 Å². The van der Waals surface area contributed by atoms with Gasteiger partial charge in [0.1, 0.15) is 18.3 Å². The molecule has 0 aromatic carbocycles. The van der Waals surface area contributed by atoms with E-state index in [9.17, 15) is 37.8 Å². The second-order valence-electron chi connectivity index (χ2n) is 7.01. The summed E-state index contributed by atoms with van der Waals surface area (Å²) in [4.78, 5) is 38.3. The third-order valence-corrected chi connectivity index (χ3v) is 4.44. The molecule has 0 saturated carbocycles. The summed E-state index contributed by atoms with van der Waals surface area (Å²) in [5.41, 5.74) is -1.83. The number of carbonyl (C=O) groups is 1. The van der Waals surface area contributed by atoms with E-state index >= 15 is 0 Å². The molecule has 1 fully saturated rings. The smallest absolute Gasteiger partial charge is 0.394 e. The summed E-state index contributed by atoms with van der Waals surface area (Å²) in [6.07, 6.45) is -8.89. The number of amides is 1. The number of rotatable bonds is 6. The van der Waals surface area contributed by atoms with Crippen LogP contribution in [-0.4, -0.2) is 73.3 Å². The quantitative estimate of drug-likeness (QED) is 0.418. The molecule has 0 bridgehead atoms. The van der Waals surface area contributed by atoms with E-state index in [-0.39, 0.29) is 5.56 Å². The van der Waals surface area contributed by atoms with Gasteiger partial charge >= 0.3 is 17.8 Å². The van der Waals surface area contributed by atoms with Crippen LogP contribution in [0.15, 0.2) is 27.4 Å². The topological polar surface area (TPSA) is 145 Å². The summed E-state index contributed by atoms with van der Waals surface area (Å²) < 4.78 is 44.7. The third kappa shape index (κ3) is 5.16.